The van der Waals surface area contributed by atoms with Crippen LogP contribution in [0.1, 0.15) is 37.8 Å². The van der Waals surface area contributed by atoms with Gasteiger partial charge in [-0.2, -0.15) is 0 Å². The SMILES string of the molecule is CCCC(C)(CN(C)Cc1ccccc1C)C(=O)O. The minimum Gasteiger partial charge on any atom is -0.481 e. The van der Waals surface area contributed by atoms with Gasteiger partial charge in [-0.1, -0.05) is 37.6 Å². The van der Waals surface area contributed by atoms with E-state index in [0.29, 0.717) is 13.0 Å². The number of nitrogens with zero attached hydrogens (tertiary/aromatic N) is 1. The van der Waals surface area contributed by atoms with Crippen molar-refractivity contribution in [3.63, 3.8) is 0 Å². The van der Waals surface area contributed by atoms with Gasteiger partial charge in [-0.15, -0.1) is 0 Å². The molecule has 0 amide bonds. The van der Waals surface area contributed by atoms with Crippen LogP contribution in [0.4, 0.5) is 0 Å². The Morgan fingerprint density at radius 3 is 2.53 bits per heavy atom. The molecule has 0 aromatic heterocycles. The summed E-state index contributed by atoms with van der Waals surface area (Å²) in [5.74, 6) is -0.703. The topological polar surface area (TPSA) is 40.5 Å². The van der Waals surface area contributed by atoms with Crippen LogP contribution in [-0.4, -0.2) is 29.6 Å². The third-order valence-corrected chi connectivity index (χ3v) is 3.64. The van der Waals surface area contributed by atoms with Gasteiger partial charge in [0.05, 0.1) is 5.41 Å². The van der Waals surface area contributed by atoms with Gasteiger partial charge in [-0.25, -0.2) is 0 Å². The predicted octanol–water partition coefficient (Wildman–Crippen LogP) is 3.32. The molecule has 1 N–H and O–H groups in total. The van der Waals surface area contributed by atoms with Crippen molar-refractivity contribution in [2.45, 2.75) is 40.2 Å². The van der Waals surface area contributed by atoms with Gasteiger partial charge in [0.2, 0.25) is 0 Å². The fraction of sp³-hybridized carbons (Fsp3) is 0.562. The van der Waals surface area contributed by atoms with E-state index in [0.717, 1.165) is 13.0 Å². The van der Waals surface area contributed by atoms with E-state index in [-0.39, 0.29) is 0 Å². The molecule has 1 atom stereocenters. The number of aryl methyl sites for hydroxylation is 1. The van der Waals surface area contributed by atoms with Gasteiger partial charge in [0.1, 0.15) is 0 Å². The van der Waals surface area contributed by atoms with Crippen LogP contribution in [-0.2, 0) is 11.3 Å². The summed E-state index contributed by atoms with van der Waals surface area (Å²) in [5, 5.41) is 9.41. The van der Waals surface area contributed by atoms with Gasteiger partial charge in [-0.05, 0) is 38.4 Å². The maximum atomic E-state index is 11.4. The average molecular weight is 263 g/mol. The number of carbonyl (C=O) groups is 1. The second kappa shape index (κ2) is 6.71. The Labute approximate surface area is 116 Å². The number of carboxylic acids is 1. The van der Waals surface area contributed by atoms with E-state index < -0.39 is 11.4 Å². The van der Waals surface area contributed by atoms with Crippen LogP contribution in [0.15, 0.2) is 24.3 Å². The van der Waals surface area contributed by atoms with Crippen LogP contribution >= 0.6 is 0 Å². The molecule has 0 aliphatic carbocycles. The van der Waals surface area contributed by atoms with Gasteiger partial charge in [0.25, 0.3) is 0 Å². The first-order chi connectivity index (χ1) is 8.89. The summed E-state index contributed by atoms with van der Waals surface area (Å²) >= 11 is 0. The van der Waals surface area contributed by atoms with Crippen molar-refractivity contribution >= 4 is 5.97 Å². The quantitative estimate of drug-likeness (QED) is 0.820. The Bertz CT molecular complexity index is 431. The van der Waals surface area contributed by atoms with Gasteiger partial charge >= 0.3 is 5.97 Å². The minimum atomic E-state index is -0.703. The first-order valence-electron chi connectivity index (χ1n) is 6.85. The summed E-state index contributed by atoms with van der Waals surface area (Å²) in [5.41, 5.74) is 1.85. The number of benzene rings is 1. The van der Waals surface area contributed by atoms with Crippen LogP contribution in [0.2, 0.25) is 0 Å². The van der Waals surface area contributed by atoms with E-state index in [1.807, 2.05) is 33.0 Å². The first kappa shape index (κ1) is 15.7. The molecule has 1 aromatic rings. The van der Waals surface area contributed by atoms with E-state index >= 15 is 0 Å². The highest BCUT2D eigenvalue weighted by atomic mass is 16.4. The smallest absolute Gasteiger partial charge is 0.310 e. The maximum Gasteiger partial charge on any atom is 0.310 e. The van der Waals surface area contributed by atoms with Gasteiger partial charge in [0, 0.05) is 13.1 Å². The fourth-order valence-corrected chi connectivity index (χ4v) is 2.54. The molecule has 0 bridgehead atoms. The van der Waals surface area contributed by atoms with Crippen LogP contribution in [0.25, 0.3) is 0 Å². The summed E-state index contributed by atoms with van der Waals surface area (Å²) < 4.78 is 0. The second-order valence-electron chi connectivity index (χ2n) is 5.71. The zero-order valence-electron chi connectivity index (χ0n) is 12.4. The van der Waals surface area contributed by atoms with Crippen molar-refractivity contribution in [3.8, 4) is 0 Å². The van der Waals surface area contributed by atoms with Crippen molar-refractivity contribution in [2.75, 3.05) is 13.6 Å². The largest absolute Gasteiger partial charge is 0.481 e. The van der Waals surface area contributed by atoms with Crippen LogP contribution in [0.3, 0.4) is 0 Å². The summed E-state index contributed by atoms with van der Waals surface area (Å²) in [6, 6.07) is 8.24. The molecule has 1 unspecified atom stereocenters. The molecule has 1 rings (SSSR count). The van der Waals surface area contributed by atoms with Gasteiger partial charge in [0.15, 0.2) is 0 Å². The molecular weight excluding hydrogens is 238 g/mol. The lowest BCUT2D eigenvalue weighted by atomic mass is 9.85. The van der Waals surface area contributed by atoms with Crippen LogP contribution < -0.4 is 0 Å². The monoisotopic (exact) mass is 263 g/mol. The molecule has 0 saturated heterocycles. The Morgan fingerprint density at radius 1 is 1.37 bits per heavy atom. The third kappa shape index (κ3) is 4.35. The lowest BCUT2D eigenvalue weighted by Crippen LogP contribution is -2.39. The number of hydrogen-bond acceptors (Lipinski definition) is 2. The second-order valence-corrected chi connectivity index (χ2v) is 5.71. The zero-order valence-corrected chi connectivity index (χ0v) is 12.4. The van der Waals surface area contributed by atoms with Crippen LogP contribution in [0.5, 0.6) is 0 Å². The van der Waals surface area contributed by atoms with E-state index in [2.05, 4.69) is 24.0 Å². The zero-order chi connectivity index (χ0) is 14.5. The van der Waals surface area contributed by atoms with Gasteiger partial charge in [-0.3, -0.25) is 4.79 Å². The average Bonchev–Trinajstić information content (AvgIpc) is 2.32. The lowest BCUT2D eigenvalue weighted by Gasteiger charge is -2.30. The molecule has 1 aromatic carbocycles. The number of rotatable bonds is 7. The highest BCUT2D eigenvalue weighted by molar-refractivity contribution is 5.74. The standard InChI is InChI=1S/C16H25NO2/c1-5-10-16(3,15(18)19)12-17(4)11-14-9-7-6-8-13(14)2/h6-9H,5,10-12H2,1-4H3,(H,18,19). The van der Waals surface area contributed by atoms with Crippen molar-refractivity contribution in [1.29, 1.82) is 0 Å². The van der Waals surface area contributed by atoms with E-state index in [1.165, 1.54) is 11.1 Å². The molecular formula is C16H25NO2. The number of hydrogen-bond donors (Lipinski definition) is 1. The molecule has 3 heteroatoms. The summed E-state index contributed by atoms with van der Waals surface area (Å²) in [6.07, 6.45) is 1.60. The van der Waals surface area contributed by atoms with Gasteiger partial charge < -0.3 is 10.0 Å². The Morgan fingerprint density at radius 2 is 2.00 bits per heavy atom. The highest BCUT2D eigenvalue weighted by Gasteiger charge is 2.33. The van der Waals surface area contributed by atoms with Crippen molar-refractivity contribution < 1.29 is 9.90 Å². The Balaban J connectivity index is 2.71. The van der Waals surface area contributed by atoms with E-state index in [4.69, 9.17) is 0 Å². The predicted molar refractivity (Wildman–Crippen MR) is 78.2 cm³/mol. The lowest BCUT2D eigenvalue weighted by molar-refractivity contribution is -0.149. The van der Waals surface area contributed by atoms with Crippen LogP contribution in [0, 0.1) is 12.3 Å². The Kier molecular flexibility index (Phi) is 5.55. The summed E-state index contributed by atoms with van der Waals surface area (Å²) in [6.45, 7) is 7.32. The summed E-state index contributed by atoms with van der Waals surface area (Å²) in [4.78, 5) is 13.5. The molecule has 0 saturated carbocycles. The number of carboxylic acid groups (broad SMARTS) is 1. The maximum absolute atomic E-state index is 11.4. The van der Waals surface area contributed by atoms with E-state index in [1.54, 1.807) is 0 Å². The van der Waals surface area contributed by atoms with Crippen molar-refractivity contribution in [1.82, 2.24) is 4.90 Å². The normalized spacial score (nSPS) is 14.4. The van der Waals surface area contributed by atoms with Crippen molar-refractivity contribution in [3.05, 3.63) is 35.4 Å². The molecule has 19 heavy (non-hydrogen) atoms. The Hall–Kier alpha value is -1.35. The highest BCUT2D eigenvalue weighted by Crippen LogP contribution is 2.25. The molecule has 0 radical (unpaired) electrons. The molecule has 0 aliphatic heterocycles. The molecule has 0 fully saturated rings. The minimum absolute atomic E-state index is 0.574. The molecule has 3 nitrogen and oxygen atoms in total. The number of aliphatic carboxylic acids is 1. The van der Waals surface area contributed by atoms with Crippen molar-refractivity contribution in [2.24, 2.45) is 5.41 Å². The molecule has 106 valence electrons. The molecule has 0 spiro atoms. The molecule has 0 heterocycles. The first-order valence-corrected chi connectivity index (χ1v) is 6.85. The summed E-state index contributed by atoms with van der Waals surface area (Å²) in [7, 11) is 1.99. The fourth-order valence-electron chi connectivity index (χ4n) is 2.54. The molecule has 0 aliphatic rings. The third-order valence-electron chi connectivity index (χ3n) is 3.64. The van der Waals surface area contributed by atoms with E-state index in [9.17, 15) is 9.90 Å².